The molecule has 2 fully saturated rings. The minimum atomic E-state index is -0.0525. The molecule has 2 aliphatic heterocycles. The van der Waals surface area contributed by atoms with E-state index in [-0.39, 0.29) is 30.1 Å². The van der Waals surface area contributed by atoms with Crippen molar-refractivity contribution in [2.75, 3.05) is 5.32 Å². The molecule has 2 bridgehead atoms. The Balaban J connectivity index is 1.68. The highest BCUT2D eigenvalue weighted by Crippen LogP contribution is 2.34. The first kappa shape index (κ1) is 16.1. The number of halogens is 1. The Morgan fingerprint density at radius 2 is 1.74 bits per heavy atom. The van der Waals surface area contributed by atoms with Crippen molar-refractivity contribution in [1.82, 2.24) is 10.2 Å². The van der Waals surface area contributed by atoms with Crippen LogP contribution in [0.2, 0.25) is 5.02 Å². The molecular weight excluding hydrogens is 314 g/mol. The minimum absolute atomic E-state index is 0.00661. The van der Waals surface area contributed by atoms with Crippen LogP contribution in [0.5, 0.6) is 0 Å². The smallest absolute Gasteiger partial charge is 0.322 e. The summed E-state index contributed by atoms with van der Waals surface area (Å²) in [6, 6.07) is 7.67. The molecule has 5 nitrogen and oxygen atoms in total. The summed E-state index contributed by atoms with van der Waals surface area (Å²) in [6.45, 7) is 1.55. The molecule has 0 saturated carbocycles. The van der Waals surface area contributed by atoms with Crippen molar-refractivity contribution >= 4 is 29.2 Å². The molecule has 3 rings (SSSR count). The SMILES string of the molecule is CC(=O)NC1CC2CCCC(C1)N2C(=O)Nc1ccc(Cl)cc1. The molecule has 2 heterocycles. The highest BCUT2D eigenvalue weighted by atomic mass is 35.5. The van der Waals surface area contributed by atoms with Gasteiger partial charge in [0.1, 0.15) is 0 Å². The van der Waals surface area contributed by atoms with Gasteiger partial charge in [-0.3, -0.25) is 4.79 Å². The van der Waals surface area contributed by atoms with Gasteiger partial charge in [-0.25, -0.2) is 4.79 Å². The first-order chi connectivity index (χ1) is 11.0. The van der Waals surface area contributed by atoms with Crippen molar-refractivity contribution in [2.24, 2.45) is 0 Å². The molecule has 1 aromatic rings. The molecule has 3 amide bonds. The fourth-order valence-corrected chi connectivity index (χ4v) is 3.97. The number of hydrogen-bond donors (Lipinski definition) is 2. The van der Waals surface area contributed by atoms with E-state index >= 15 is 0 Å². The molecule has 1 aromatic carbocycles. The third-order valence-corrected chi connectivity index (χ3v) is 4.96. The predicted octanol–water partition coefficient (Wildman–Crippen LogP) is 3.39. The zero-order valence-corrected chi connectivity index (χ0v) is 14.0. The van der Waals surface area contributed by atoms with Gasteiger partial charge in [-0.15, -0.1) is 0 Å². The molecule has 2 unspecified atom stereocenters. The van der Waals surface area contributed by atoms with Crippen LogP contribution in [0.25, 0.3) is 0 Å². The highest BCUT2D eigenvalue weighted by molar-refractivity contribution is 6.30. The zero-order valence-electron chi connectivity index (χ0n) is 13.2. The van der Waals surface area contributed by atoms with E-state index in [0.717, 1.165) is 37.8 Å². The van der Waals surface area contributed by atoms with E-state index < -0.39 is 0 Å². The zero-order chi connectivity index (χ0) is 16.4. The summed E-state index contributed by atoms with van der Waals surface area (Å²) in [5.41, 5.74) is 0.751. The normalized spacial score (nSPS) is 26.5. The lowest BCUT2D eigenvalue weighted by Crippen LogP contribution is -2.59. The average Bonchev–Trinajstić information content (AvgIpc) is 2.48. The predicted molar refractivity (Wildman–Crippen MR) is 90.6 cm³/mol. The Labute approximate surface area is 141 Å². The molecule has 0 radical (unpaired) electrons. The Morgan fingerprint density at radius 1 is 1.13 bits per heavy atom. The summed E-state index contributed by atoms with van der Waals surface area (Å²) in [5, 5.41) is 6.63. The summed E-state index contributed by atoms with van der Waals surface area (Å²) in [5.74, 6) is 0.00661. The van der Waals surface area contributed by atoms with Gasteiger partial charge in [-0.2, -0.15) is 0 Å². The number of hydrogen-bond acceptors (Lipinski definition) is 2. The molecular formula is C17H22ClN3O2. The summed E-state index contributed by atoms with van der Waals surface area (Å²) >= 11 is 5.87. The van der Waals surface area contributed by atoms with Crippen molar-refractivity contribution in [3.05, 3.63) is 29.3 Å². The highest BCUT2D eigenvalue weighted by Gasteiger charge is 2.41. The molecule has 2 aliphatic rings. The molecule has 0 spiro atoms. The second-order valence-electron chi connectivity index (χ2n) is 6.45. The summed E-state index contributed by atoms with van der Waals surface area (Å²) in [7, 11) is 0. The number of anilines is 1. The van der Waals surface area contributed by atoms with Gasteiger partial charge >= 0.3 is 6.03 Å². The number of amides is 3. The second-order valence-corrected chi connectivity index (χ2v) is 6.89. The van der Waals surface area contributed by atoms with Crippen LogP contribution < -0.4 is 10.6 Å². The number of benzene rings is 1. The van der Waals surface area contributed by atoms with Gasteiger partial charge in [-0.05, 0) is 56.4 Å². The Morgan fingerprint density at radius 3 is 2.30 bits per heavy atom. The number of carbonyl (C=O) groups excluding carboxylic acids is 2. The number of fused-ring (bicyclic) bond motifs is 2. The van der Waals surface area contributed by atoms with Gasteiger partial charge in [0, 0.05) is 35.8 Å². The maximum atomic E-state index is 12.7. The van der Waals surface area contributed by atoms with Gasteiger partial charge < -0.3 is 15.5 Å². The monoisotopic (exact) mass is 335 g/mol. The van der Waals surface area contributed by atoms with Crippen molar-refractivity contribution in [3.8, 4) is 0 Å². The molecule has 0 aliphatic carbocycles. The van der Waals surface area contributed by atoms with Crippen LogP contribution in [0, 0.1) is 0 Å². The Hall–Kier alpha value is -1.75. The van der Waals surface area contributed by atoms with E-state index in [1.165, 1.54) is 0 Å². The van der Waals surface area contributed by atoms with E-state index in [1.807, 2.05) is 4.90 Å². The molecule has 2 atom stereocenters. The molecule has 124 valence electrons. The number of nitrogens with one attached hydrogen (secondary N) is 2. The van der Waals surface area contributed by atoms with Gasteiger partial charge in [0.2, 0.25) is 5.91 Å². The maximum absolute atomic E-state index is 12.7. The fourth-order valence-electron chi connectivity index (χ4n) is 3.84. The minimum Gasteiger partial charge on any atom is -0.353 e. The van der Waals surface area contributed by atoms with Crippen LogP contribution >= 0.6 is 11.6 Å². The van der Waals surface area contributed by atoms with Crippen molar-refractivity contribution in [3.63, 3.8) is 0 Å². The molecule has 0 aromatic heterocycles. The lowest BCUT2D eigenvalue weighted by atomic mass is 9.82. The molecule has 23 heavy (non-hydrogen) atoms. The average molecular weight is 336 g/mol. The number of rotatable bonds is 2. The van der Waals surface area contributed by atoms with E-state index in [1.54, 1.807) is 31.2 Å². The van der Waals surface area contributed by atoms with Crippen molar-refractivity contribution < 1.29 is 9.59 Å². The Kier molecular flexibility index (Phi) is 4.76. The topological polar surface area (TPSA) is 61.4 Å². The lowest BCUT2D eigenvalue weighted by Gasteiger charge is -2.48. The van der Waals surface area contributed by atoms with E-state index in [0.29, 0.717) is 5.02 Å². The third-order valence-electron chi connectivity index (χ3n) is 4.71. The van der Waals surface area contributed by atoms with E-state index in [9.17, 15) is 9.59 Å². The first-order valence-electron chi connectivity index (χ1n) is 8.15. The van der Waals surface area contributed by atoms with Crippen LogP contribution in [0.15, 0.2) is 24.3 Å². The van der Waals surface area contributed by atoms with E-state index in [2.05, 4.69) is 10.6 Å². The van der Waals surface area contributed by atoms with Crippen LogP contribution in [-0.4, -0.2) is 35.0 Å². The van der Waals surface area contributed by atoms with Crippen LogP contribution in [0.1, 0.15) is 39.0 Å². The van der Waals surface area contributed by atoms with Crippen molar-refractivity contribution in [1.29, 1.82) is 0 Å². The summed E-state index contributed by atoms with van der Waals surface area (Å²) < 4.78 is 0. The van der Waals surface area contributed by atoms with Crippen LogP contribution in [0.3, 0.4) is 0 Å². The van der Waals surface area contributed by atoms with Gasteiger partial charge in [0.15, 0.2) is 0 Å². The summed E-state index contributed by atoms with van der Waals surface area (Å²) in [4.78, 5) is 26.0. The quantitative estimate of drug-likeness (QED) is 0.870. The van der Waals surface area contributed by atoms with Crippen LogP contribution in [0.4, 0.5) is 10.5 Å². The second kappa shape index (κ2) is 6.79. The van der Waals surface area contributed by atoms with E-state index in [4.69, 9.17) is 11.6 Å². The standard InChI is InChI=1S/C17H22ClN3O2/c1-11(22)19-14-9-15-3-2-4-16(10-14)21(15)17(23)20-13-7-5-12(18)6-8-13/h5-8,14-16H,2-4,9-10H2,1H3,(H,19,22)(H,20,23). The van der Waals surface area contributed by atoms with Crippen molar-refractivity contribution in [2.45, 2.75) is 57.2 Å². The largest absolute Gasteiger partial charge is 0.353 e. The lowest BCUT2D eigenvalue weighted by molar-refractivity contribution is -0.120. The fraction of sp³-hybridized carbons (Fsp3) is 0.529. The first-order valence-corrected chi connectivity index (χ1v) is 8.52. The Bertz CT molecular complexity index is 576. The van der Waals surface area contributed by atoms with Gasteiger partial charge in [0.25, 0.3) is 0 Å². The molecule has 2 saturated heterocycles. The number of piperidine rings is 2. The summed E-state index contributed by atoms with van der Waals surface area (Å²) in [6.07, 6.45) is 4.82. The van der Waals surface area contributed by atoms with Crippen LogP contribution in [-0.2, 0) is 4.79 Å². The number of urea groups is 1. The number of nitrogens with zero attached hydrogens (tertiary/aromatic N) is 1. The maximum Gasteiger partial charge on any atom is 0.322 e. The third kappa shape index (κ3) is 3.78. The molecule has 2 N–H and O–H groups in total. The number of carbonyl (C=O) groups is 2. The van der Waals surface area contributed by atoms with Gasteiger partial charge in [0.05, 0.1) is 0 Å². The molecule has 6 heteroatoms. The van der Waals surface area contributed by atoms with Gasteiger partial charge in [-0.1, -0.05) is 11.6 Å².